The number of amides is 1. The standard InChI is InChI=1S/C23H22FN3OS/c1-2-27(18-7-3-4-8-18)21(28)15-29-23-20-10-6-5-9-19(20)22(25-26-23)16-11-13-17(24)14-12-16/h5-7,9-14H,2-4,8,15H2,1H3. The predicted octanol–water partition coefficient (Wildman–Crippen LogP) is 5.44. The highest BCUT2D eigenvalue weighted by Crippen LogP contribution is 2.32. The zero-order valence-corrected chi connectivity index (χ0v) is 17.1. The van der Waals surface area contributed by atoms with E-state index in [4.69, 9.17) is 0 Å². The second kappa shape index (κ2) is 8.74. The number of hydrogen-bond acceptors (Lipinski definition) is 4. The molecule has 0 bridgehead atoms. The van der Waals surface area contributed by atoms with Crippen LogP contribution in [0.4, 0.5) is 4.39 Å². The molecule has 4 nitrogen and oxygen atoms in total. The largest absolute Gasteiger partial charge is 0.316 e. The zero-order chi connectivity index (χ0) is 20.2. The van der Waals surface area contributed by atoms with Gasteiger partial charge in [-0.3, -0.25) is 4.79 Å². The van der Waals surface area contributed by atoms with Gasteiger partial charge in [-0.15, -0.1) is 10.2 Å². The van der Waals surface area contributed by atoms with E-state index in [1.54, 1.807) is 12.1 Å². The van der Waals surface area contributed by atoms with E-state index in [0.29, 0.717) is 18.0 Å². The van der Waals surface area contributed by atoms with E-state index in [2.05, 4.69) is 16.3 Å². The number of rotatable bonds is 6. The molecule has 1 heterocycles. The van der Waals surface area contributed by atoms with Crippen molar-refractivity contribution >= 4 is 28.4 Å². The Bertz CT molecular complexity index is 1070. The van der Waals surface area contributed by atoms with E-state index in [1.807, 2.05) is 36.1 Å². The molecule has 0 radical (unpaired) electrons. The number of fused-ring (bicyclic) bond motifs is 1. The third-order valence-electron chi connectivity index (χ3n) is 5.08. The summed E-state index contributed by atoms with van der Waals surface area (Å²) in [7, 11) is 0. The van der Waals surface area contributed by atoms with Crippen molar-refractivity contribution in [3.63, 3.8) is 0 Å². The number of carbonyl (C=O) groups is 1. The lowest BCUT2D eigenvalue weighted by Crippen LogP contribution is -2.31. The van der Waals surface area contributed by atoms with Gasteiger partial charge in [-0.2, -0.15) is 0 Å². The summed E-state index contributed by atoms with van der Waals surface area (Å²) in [6.45, 7) is 2.69. The molecule has 0 saturated heterocycles. The van der Waals surface area contributed by atoms with Gasteiger partial charge in [0.05, 0.1) is 5.75 Å². The van der Waals surface area contributed by atoms with Crippen molar-refractivity contribution in [1.82, 2.24) is 15.1 Å². The van der Waals surface area contributed by atoms with Crippen LogP contribution in [0, 0.1) is 5.82 Å². The molecule has 0 saturated carbocycles. The molecule has 1 aliphatic rings. The Morgan fingerprint density at radius 1 is 1.10 bits per heavy atom. The molecule has 4 rings (SSSR count). The van der Waals surface area contributed by atoms with Crippen LogP contribution in [0.25, 0.3) is 22.0 Å². The SMILES string of the molecule is CCN(C(=O)CSc1nnc(-c2ccc(F)cc2)c2ccccc12)C1=CCCC1. The van der Waals surface area contributed by atoms with Gasteiger partial charge in [0, 0.05) is 28.6 Å². The van der Waals surface area contributed by atoms with Crippen LogP contribution < -0.4 is 0 Å². The molecule has 0 unspecified atom stereocenters. The molecule has 148 valence electrons. The van der Waals surface area contributed by atoms with Gasteiger partial charge in [0.25, 0.3) is 0 Å². The zero-order valence-electron chi connectivity index (χ0n) is 16.3. The normalized spacial score (nSPS) is 13.5. The maximum Gasteiger partial charge on any atom is 0.237 e. The van der Waals surface area contributed by atoms with E-state index >= 15 is 0 Å². The average Bonchev–Trinajstić information content (AvgIpc) is 3.27. The number of hydrogen-bond donors (Lipinski definition) is 0. The van der Waals surface area contributed by atoms with Crippen molar-refractivity contribution in [2.75, 3.05) is 12.3 Å². The van der Waals surface area contributed by atoms with Crippen LogP contribution in [-0.2, 0) is 4.79 Å². The summed E-state index contributed by atoms with van der Waals surface area (Å²) in [6, 6.07) is 14.1. The highest BCUT2D eigenvalue weighted by Gasteiger charge is 2.20. The minimum atomic E-state index is -0.283. The molecular weight excluding hydrogens is 385 g/mol. The monoisotopic (exact) mass is 407 g/mol. The molecular formula is C23H22FN3OS. The first-order chi connectivity index (χ1) is 14.2. The second-order valence-electron chi connectivity index (χ2n) is 6.92. The van der Waals surface area contributed by atoms with Crippen molar-refractivity contribution in [2.45, 2.75) is 31.2 Å². The number of halogens is 1. The van der Waals surface area contributed by atoms with Crippen LogP contribution in [0.5, 0.6) is 0 Å². The molecule has 0 atom stereocenters. The van der Waals surface area contributed by atoms with Crippen LogP contribution >= 0.6 is 11.8 Å². The third kappa shape index (κ3) is 4.17. The van der Waals surface area contributed by atoms with E-state index in [0.717, 1.165) is 46.3 Å². The Kier molecular flexibility index (Phi) is 5.90. The van der Waals surface area contributed by atoms with E-state index in [-0.39, 0.29) is 11.7 Å². The maximum absolute atomic E-state index is 13.3. The highest BCUT2D eigenvalue weighted by molar-refractivity contribution is 8.00. The lowest BCUT2D eigenvalue weighted by Gasteiger charge is -2.22. The number of carbonyl (C=O) groups excluding carboxylic acids is 1. The Morgan fingerprint density at radius 3 is 2.55 bits per heavy atom. The summed E-state index contributed by atoms with van der Waals surface area (Å²) in [5.74, 6) is 0.133. The van der Waals surface area contributed by atoms with Crippen molar-refractivity contribution < 1.29 is 9.18 Å². The lowest BCUT2D eigenvalue weighted by atomic mass is 10.1. The first kappa shape index (κ1) is 19.6. The fourth-order valence-electron chi connectivity index (χ4n) is 3.65. The number of aromatic nitrogens is 2. The fourth-order valence-corrected chi connectivity index (χ4v) is 4.50. The van der Waals surface area contributed by atoms with Gasteiger partial charge in [0.1, 0.15) is 16.5 Å². The summed E-state index contributed by atoms with van der Waals surface area (Å²) in [4.78, 5) is 14.6. The molecule has 29 heavy (non-hydrogen) atoms. The van der Waals surface area contributed by atoms with Gasteiger partial charge in [-0.1, -0.05) is 42.1 Å². The molecule has 1 aromatic heterocycles. The molecule has 0 spiro atoms. The van der Waals surface area contributed by atoms with Crippen LogP contribution in [-0.4, -0.2) is 33.3 Å². The van der Waals surface area contributed by atoms with E-state index in [9.17, 15) is 9.18 Å². The number of benzene rings is 2. The first-order valence-corrected chi connectivity index (χ1v) is 10.8. The molecule has 1 aliphatic carbocycles. The minimum Gasteiger partial charge on any atom is -0.316 e. The Morgan fingerprint density at radius 2 is 1.86 bits per heavy atom. The smallest absolute Gasteiger partial charge is 0.237 e. The predicted molar refractivity (Wildman–Crippen MR) is 115 cm³/mol. The number of thioether (sulfide) groups is 1. The van der Waals surface area contributed by atoms with Gasteiger partial charge in [-0.05, 0) is 50.5 Å². The van der Waals surface area contributed by atoms with Crippen LogP contribution in [0.1, 0.15) is 26.2 Å². The summed E-state index contributed by atoms with van der Waals surface area (Å²) in [6.07, 6.45) is 5.30. The summed E-state index contributed by atoms with van der Waals surface area (Å²) in [5, 5.41) is 11.4. The Hall–Kier alpha value is -2.73. The third-order valence-corrected chi connectivity index (χ3v) is 6.05. The molecule has 0 fully saturated rings. The maximum atomic E-state index is 13.3. The van der Waals surface area contributed by atoms with Crippen LogP contribution in [0.3, 0.4) is 0 Å². The highest BCUT2D eigenvalue weighted by atomic mass is 32.2. The van der Waals surface area contributed by atoms with Gasteiger partial charge in [0.15, 0.2) is 0 Å². The van der Waals surface area contributed by atoms with Gasteiger partial charge < -0.3 is 4.90 Å². The molecule has 0 N–H and O–H groups in total. The molecule has 0 aliphatic heterocycles. The quantitative estimate of drug-likeness (QED) is 0.510. The van der Waals surface area contributed by atoms with Gasteiger partial charge in [0.2, 0.25) is 5.91 Å². The van der Waals surface area contributed by atoms with Crippen LogP contribution in [0.15, 0.2) is 65.3 Å². The van der Waals surface area contributed by atoms with Gasteiger partial charge in [-0.25, -0.2) is 4.39 Å². The van der Waals surface area contributed by atoms with Crippen LogP contribution in [0.2, 0.25) is 0 Å². The van der Waals surface area contributed by atoms with Crippen molar-refractivity contribution in [3.05, 3.63) is 66.1 Å². The summed E-state index contributed by atoms with van der Waals surface area (Å²) in [5.41, 5.74) is 2.66. The lowest BCUT2D eigenvalue weighted by molar-refractivity contribution is -0.126. The first-order valence-electron chi connectivity index (χ1n) is 9.81. The molecule has 1 amide bonds. The Balaban J connectivity index is 1.59. The molecule has 2 aromatic carbocycles. The average molecular weight is 408 g/mol. The number of allylic oxidation sites excluding steroid dienone is 2. The topological polar surface area (TPSA) is 46.1 Å². The minimum absolute atomic E-state index is 0.0964. The second-order valence-corrected chi connectivity index (χ2v) is 7.88. The fraction of sp³-hybridized carbons (Fsp3) is 0.261. The Labute approximate surface area is 173 Å². The molecule has 6 heteroatoms. The van der Waals surface area contributed by atoms with E-state index in [1.165, 1.54) is 23.9 Å². The van der Waals surface area contributed by atoms with Gasteiger partial charge >= 0.3 is 0 Å². The van der Waals surface area contributed by atoms with E-state index < -0.39 is 0 Å². The van der Waals surface area contributed by atoms with Crippen molar-refractivity contribution in [2.24, 2.45) is 0 Å². The van der Waals surface area contributed by atoms with Crippen molar-refractivity contribution in [1.29, 1.82) is 0 Å². The van der Waals surface area contributed by atoms with Crippen molar-refractivity contribution in [3.8, 4) is 11.3 Å². The number of nitrogens with zero attached hydrogens (tertiary/aromatic N) is 3. The summed E-state index contributed by atoms with van der Waals surface area (Å²) >= 11 is 1.41. The molecule has 3 aromatic rings. The summed E-state index contributed by atoms with van der Waals surface area (Å²) < 4.78 is 13.3.